The van der Waals surface area contributed by atoms with Crippen LogP contribution in [0.2, 0.25) is 0 Å². The van der Waals surface area contributed by atoms with Crippen LogP contribution in [0.4, 0.5) is 0 Å². The van der Waals surface area contributed by atoms with Crippen LogP contribution in [0.15, 0.2) is 42.9 Å². The number of nitrogens with zero attached hydrogens (tertiary/aromatic N) is 1. The molecule has 0 aliphatic carbocycles. The lowest BCUT2D eigenvalue weighted by atomic mass is 10.0. The van der Waals surface area contributed by atoms with Gasteiger partial charge in [-0.05, 0) is 19.0 Å². The minimum atomic E-state index is -1.28. The monoisotopic (exact) mass is 403 g/mol. The maximum atomic E-state index is 12.5. The van der Waals surface area contributed by atoms with Crippen LogP contribution in [-0.2, 0) is 27.2 Å². The molecule has 1 aromatic carbocycles. The molecule has 2 rings (SSSR count). The van der Waals surface area contributed by atoms with Crippen LogP contribution in [0, 0.1) is 0 Å². The largest absolute Gasteiger partial charge is 0.480 e. The van der Waals surface area contributed by atoms with Crippen LogP contribution in [0.25, 0.3) is 0 Å². The van der Waals surface area contributed by atoms with Crippen LogP contribution in [0.3, 0.4) is 0 Å². The Hall–Kier alpha value is -3.24. The standard InChI is InChI=1S/C19H25N5O5/c1-20-14(7-12-5-3-2-4-6-12)17(25)24-16(19(28)29)10-22-15(18(26)27)8-13-9-21-11-23-13/h2-6,9,11,14-16,20,22H,7-8,10H2,1H3,(H,21,23)(H,24,25)(H,26,27)(H,28,29). The molecule has 0 fully saturated rings. The van der Waals surface area contributed by atoms with Gasteiger partial charge in [-0.1, -0.05) is 30.3 Å². The van der Waals surface area contributed by atoms with Crippen molar-refractivity contribution in [3.05, 3.63) is 54.1 Å². The molecule has 3 unspecified atom stereocenters. The molecule has 0 spiro atoms. The Morgan fingerprint density at radius 3 is 2.28 bits per heavy atom. The first kappa shape index (κ1) is 22.1. The fourth-order valence-electron chi connectivity index (χ4n) is 2.77. The molecular formula is C19H25N5O5. The van der Waals surface area contributed by atoms with Gasteiger partial charge in [0.25, 0.3) is 0 Å². The van der Waals surface area contributed by atoms with Crippen LogP contribution >= 0.6 is 0 Å². The Morgan fingerprint density at radius 2 is 1.72 bits per heavy atom. The van der Waals surface area contributed by atoms with Crippen molar-refractivity contribution in [3.8, 4) is 0 Å². The van der Waals surface area contributed by atoms with E-state index in [9.17, 15) is 24.6 Å². The molecule has 0 radical (unpaired) electrons. The lowest BCUT2D eigenvalue weighted by Gasteiger charge is -2.22. The van der Waals surface area contributed by atoms with Crippen molar-refractivity contribution >= 4 is 17.8 Å². The summed E-state index contributed by atoms with van der Waals surface area (Å²) in [4.78, 5) is 42.2. The highest BCUT2D eigenvalue weighted by Gasteiger charge is 2.27. The Kier molecular flexibility index (Phi) is 8.31. The maximum absolute atomic E-state index is 12.5. The number of hydrogen-bond donors (Lipinski definition) is 6. The molecule has 2 aromatic rings. The molecule has 1 aromatic heterocycles. The first-order valence-electron chi connectivity index (χ1n) is 9.08. The van der Waals surface area contributed by atoms with E-state index in [0.29, 0.717) is 12.1 Å². The quantitative estimate of drug-likeness (QED) is 0.274. The Bertz CT molecular complexity index is 797. The Morgan fingerprint density at radius 1 is 1.03 bits per heavy atom. The van der Waals surface area contributed by atoms with E-state index in [0.717, 1.165) is 5.56 Å². The van der Waals surface area contributed by atoms with Crippen molar-refractivity contribution in [2.75, 3.05) is 13.6 Å². The number of nitrogens with one attached hydrogen (secondary N) is 4. The highest BCUT2D eigenvalue weighted by Crippen LogP contribution is 2.04. The number of hydrogen-bond acceptors (Lipinski definition) is 6. The summed E-state index contributed by atoms with van der Waals surface area (Å²) in [6.07, 6.45) is 3.41. The van der Waals surface area contributed by atoms with Gasteiger partial charge in [0.15, 0.2) is 0 Å². The number of aromatic nitrogens is 2. The third-order valence-corrected chi connectivity index (χ3v) is 4.41. The first-order valence-corrected chi connectivity index (χ1v) is 9.08. The lowest BCUT2D eigenvalue weighted by Crippen LogP contribution is -2.55. The van der Waals surface area contributed by atoms with Crippen molar-refractivity contribution in [2.24, 2.45) is 0 Å². The number of benzene rings is 1. The number of carbonyl (C=O) groups excluding carboxylic acids is 1. The summed E-state index contributed by atoms with van der Waals surface area (Å²) in [6, 6.07) is 6.40. The molecule has 3 atom stereocenters. The average Bonchev–Trinajstić information content (AvgIpc) is 3.21. The summed E-state index contributed by atoms with van der Waals surface area (Å²) < 4.78 is 0. The fourth-order valence-corrected chi connectivity index (χ4v) is 2.77. The van der Waals surface area contributed by atoms with E-state index in [1.807, 2.05) is 30.3 Å². The molecule has 10 nitrogen and oxygen atoms in total. The number of amides is 1. The lowest BCUT2D eigenvalue weighted by molar-refractivity contribution is -0.143. The van der Waals surface area contributed by atoms with Crippen LogP contribution < -0.4 is 16.0 Å². The smallest absolute Gasteiger partial charge is 0.327 e. The maximum Gasteiger partial charge on any atom is 0.327 e. The summed E-state index contributed by atoms with van der Waals surface area (Å²) in [6.45, 7) is -0.242. The van der Waals surface area contributed by atoms with Gasteiger partial charge in [-0.3, -0.25) is 9.59 Å². The van der Waals surface area contributed by atoms with Gasteiger partial charge in [-0.2, -0.15) is 0 Å². The highest BCUT2D eigenvalue weighted by atomic mass is 16.4. The SMILES string of the molecule is CNC(Cc1ccccc1)C(=O)NC(CNC(Cc1cnc[nH]1)C(=O)O)C(=O)O. The van der Waals surface area contributed by atoms with Crippen LogP contribution in [0.1, 0.15) is 11.3 Å². The molecule has 156 valence electrons. The number of imidazole rings is 1. The molecule has 0 aliphatic rings. The van der Waals surface area contributed by atoms with Crippen molar-refractivity contribution in [3.63, 3.8) is 0 Å². The molecule has 0 saturated heterocycles. The summed E-state index contributed by atoms with van der Waals surface area (Å²) in [5, 5.41) is 26.8. The van der Waals surface area contributed by atoms with Crippen molar-refractivity contribution < 1.29 is 24.6 Å². The molecule has 6 N–H and O–H groups in total. The second-order valence-corrected chi connectivity index (χ2v) is 6.51. The molecule has 1 heterocycles. The number of H-pyrrole nitrogens is 1. The van der Waals surface area contributed by atoms with Gasteiger partial charge in [0, 0.05) is 24.9 Å². The van der Waals surface area contributed by atoms with Gasteiger partial charge in [0.1, 0.15) is 12.1 Å². The predicted octanol–water partition coefficient (Wildman–Crippen LogP) is -0.605. The molecule has 0 aliphatic heterocycles. The van der Waals surface area contributed by atoms with Crippen molar-refractivity contribution in [1.82, 2.24) is 25.9 Å². The zero-order chi connectivity index (χ0) is 21.2. The van der Waals surface area contributed by atoms with E-state index >= 15 is 0 Å². The van der Waals surface area contributed by atoms with E-state index in [-0.39, 0.29) is 13.0 Å². The highest BCUT2D eigenvalue weighted by molar-refractivity contribution is 5.87. The first-order chi connectivity index (χ1) is 13.9. The van der Waals surface area contributed by atoms with Crippen LogP contribution in [-0.4, -0.2) is 69.7 Å². The topological polar surface area (TPSA) is 156 Å². The number of aromatic amines is 1. The third kappa shape index (κ3) is 7.01. The normalized spacial score (nSPS) is 14.0. The molecular weight excluding hydrogens is 378 g/mol. The van der Waals surface area contributed by atoms with Gasteiger partial charge >= 0.3 is 11.9 Å². The minimum absolute atomic E-state index is 0.1000. The number of carboxylic acids is 2. The predicted molar refractivity (Wildman–Crippen MR) is 104 cm³/mol. The summed E-state index contributed by atoms with van der Waals surface area (Å²) in [7, 11) is 1.62. The minimum Gasteiger partial charge on any atom is -0.480 e. The van der Waals surface area contributed by atoms with Crippen molar-refractivity contribution in [2.45, 2.75) is 31.0 Å². The van der Waals surface area contributed by atoms with Gasteiger partial charge in [0.05, 0.1) is 12.4 Å². The molecule has 0 saturated carbocycles. The second-order valence-electron chi connectivity index (χ2n) is 6.51. The van der Waals surface area contributed by atoms with Gasteiger partial charge in [-0.25, -0.2) is 9.78 Å². The molecule has 1 amide bonds. The van der Waals surface area contributed by atoms with E-state index < -0.39 is 36.0 Å². The number of rotatable bonds is 12. The second kappa shape index (κ2) is 10.9. The average molecular weight is 403 g/mol. The molecule has 10 heteroatoms. The molecule has 29 heavy (non-hydrogen) atoms. The summed E-state index contributed by atoms with van der Waals surface area (Å²) in [5.74, 6) is -2.87. The summed E-state index contributed by atoms with van der Waals surface area (Å²) >= 11 is 0. The zero-order valence-corrected chi connectivity index (χ0v) is 16.0. The van der Waals surface area contributed by atoms with Crippen LogP contribution in [0.5, 0.6) is 0 Å². The van der Waals surface area contributed by atoms with Gasteiger partial charge in [0.2, 0.25) is 5.91 Å². The van der Waals surface area contributed by atoms with E-state index in [1.54, 1.807) is 7.05 Å². The zero-order valence-electron chi connectivity index (χ0n) is 16.0. The number of carbonyl (C=O) groups is 3. The Labute approximate surface area is 167 Å². The third-order valence-electron chi connectivity index (χ3n) is 4.41. The number of carboxylic acid groups (broad SMARTS) is 2. The molecule has 0 bridgehead atoms. The van der Waals surface area contributed by atoms with Crippen molar-refractivity contribution in [1.29, 1.82) is 0 Å². The van der Waals surface area contributed by atoms with Gasteiger partial charge < -0.3 is 31.1 Å². The Balaban J connectivity index is 1.96. The van der Waals surface area contributed by atoms with Gasteiger partial charge in [-0.15, -0.1) is 0 Å². The van der Waals surface area contributed by atoms with E-state index in [2.05, 4.69) is 25.9 Å². The fraction of sp³-hybridized carbons (Fsp3) is 0.368. The number of likely N-dealkylation sites (N-methyl/N-ethyl adjacent to an activating group) is 1. The summed E-state index contributed by atoms with van der Waals surface area (Å²) in [5.41, 5.74) is 1.52. The van der Waals surface area contributed by atoms with E-state index in [1.165, 1.54) is 12.5 Å². The van der Waals surface area contributed by atoms with E-state index in [4.69, 9.17) is 0 Å². The number of aliphatic carboxylic acids is 2.